The number of thiazole rings is 2. The van der Waals surface area contributed by atoms with Crippen molar-refractivity contribution in [3.05, 3.63) is 104 Å². The SMILES string of the molecule is CI.CN(C)CCOCCNC(=O)c1csc(C(=O)c2c[nH]c3ccccc23)n1.C[N+](C)(C)CCOCCNC(=O)c1csc(C(=O)c2c[nH]c3ccccc23)n1.[I-]. The first-order chi connectivity index (χ1) is 27.4. The Balaban J connectivity index is 0.000000293. The van der Waals surface area contributed by atoms with E-state index in [9.17, 15) is 19.2 Å². The molecule has 58 heavy (non-hydrogen) atoms. The summed E-state index contributed by atoms with van der Waals surface area (Å²) in [7, 11) is 10.2. The Morgan fingerprint density at radius 1 is 0.707 bits per heavy atom. The van der Waals surface area contributed by atoms with Crippen molar-refractivity contribution < 1.29 is 57.1 Å². The smallest absolute Gasteiger partial charge is 0.270 e. The largest absolute Gasteiger partial charge is 1.00 e. The molecule has 4 aromatic heterocycles. The maximum absolute atomic E-state index is 12.7. The number of halogens is 2. The highest BCUT2D eigenvalue weighted by Gasteiger charge is 2.21. The molecule has 0 fully saturated rings. The summed E-state index contributed by atoms with van der Waals surface area (Å²) in [5, 5.41) is 11.0. The van der Waals surface area contributed by atoms with Crippen LogP contribution in [-0.2, 0) is 9.47 Å². The number of para-hydroxylation sites is 2. The quantitative estimate of drug-likeness (QED) is 0.0332. The standard InChI is InChI=1S/C20H24N4O3S.C19H22N4O3S.CH3I.HI/c1-24(2,3)9-11-27-10-8-21-19(26)17-13-28-20(23-17)18(25)15-12-22-16-7-5-4-6-14(15)16;1-23(2)8-10-26-9-7-20-18(25)16-12-27-19(22-16)17(24)14-11-21-15-6-4-3-5-13(14)15;1-2;/h4-7,12-13H,8-11H2,1-3H3,(H-,21,22,25,26);3-6,11-12,21H,7-10H2,1-2H3,(H,20,25);1H3;1H. The zero-order valence-electron chi connectivity index (χ0n) is 33.4. The number of carbonyl (C=O) groups is 4. The van der Waals surface area contributed by atoms with Gasteiger partial charge in [0.15, 0.2) is 10.0 Å². The lowest BCUT2D eigenvalue weighted by Gasteiger charge is -2.23. The third-order valence-electron chi connectivity index (χ3n) is 8.18. The van der Waals surface area contributed by atoms with Crippen LogP contribution in [-0.4, -0.2) is 145 Å². The molecule has 0 radical (unpaired) electrons. The number of alkyl halides is 1. The van der Waals surface area contributed by atoms with Crippen molar-refractivity contribution in [1.29, 1.82) is 0 Å². The van der Waals surface area contributed by atoms with Gasteiger partial charge >= 0.3 is 0 Å². The molecular weight excluding hydrogens is 1010 g/mol. The Hall–Kier alpha value is -3.64. The summed E-state index contributed by atoms with van der Waals surface area (Å²) in [5.74, 6) is -0.987. The van der Waals surface area contributed by atoms with Crippen LogP contribution >= 0.6 is 45.3 Å². The lowest BCUT2D eigenvalue weighted by atomic mass is 10.1. The number of nitrogens with one attached hydrogen (secondary N) is 4. The lowest BCUT2D eigenvalue weighted by Crippen LogP contribution is -3.00. The Morgan fingerprint density at radius 3 is 1.57 bits per heavy atom. The van der Waals surface area contributed by atoms with Crippen molar-refractivity contribution in [2.75, 3.05) is 92.8 Å². The number of hydrogen-bond donors (Lipinski definition) is 4. The number of H-pyrrole nitrogens is 2. The van der Waals surface area contributed by atoms with E-state index in [1.165, 1.54) is 22.7 Å². The van der Waals surface area contributed by atoms with Crippen molar-refractivity contribution in [3.8, 4) is 0 Å². The van der Waals surface area contributed by atoms with E-state index in [1.54, 1.807) is 23.2 Å². The van der Waals surface area contributed by atoms with E-state index >= 15 is 0 Å². The monoisotopic (exact) mass is 1060 g/mol. The third-order valence-corrected chi connectivity index (χ3v) is 9.87. The third kappa shape index (κ3) is 14.6. The second-order valence-electron chi connectivity index (χ2n) is 13.8. The minimum absolute atomic E-state index is 0. The van der Waals surface area contributed by atoms with Crippen LogP contribution in [0.5, 0.6) is 0 Å². The van der Waals surface area contributed by atoms with Gasteiger partial charge in [-0.05, 0) is 31.2 Å². The summed E-state index contributed by atoms with van der Waals surface area (Å²) >= 11 is 4.50. The van der Waals surface area contributed by atoms with Crippen LogP contribution in [0, 0.1) is 0 Å². The summed E-state index contributed by atoms with van der Waals surface area (Å²) in [6.07, 6.45) is 3.36. The molecule has 0 aliphatic carbocycles. The average Bonchev–Trinajstić information content (AvgIpc) is 4.04. The van der Waals surface area contributed by atoms with Crippen molar-refractivity contribution in [2.45, 2.75) is 0 Å². The van der Waals surface area contributed by atoms with Gasteiger partial charge in [0.1, 0.15) is 17.9 Å². The van der Waals surface area contributed by atoms with Crippen LogP contribution in [0.25, 0.3) is 21.8 Å². The molecule has 14 nitrogen and oxygen atoms in total. The molecule has 6 rings (SSSR count). The van der Waals surface area contributed by atoms with Crippen molar-refractivity contribution in [3.63, 3.8) is 0 Å². The molecule has 0 bridgehead atoms. The Kier molecular flexibility index (Phi) is 20.5. The van der Waals surface area contributed by atoms with Gasteiger partial charge < -0.3 is 63.4 Å². The van der Waals surface area contributed by atoms with Crippen molar-refractivity contribution >= 4 is 90.5 Å². The first-order valence-electron chi connectivity index (χ1n) is 18.1. The number of ketones is 2. The van der Waals surface area contributed by atoms with E-state index in [4.69, 9.17) is 9.47 Å². The zero-order chi connectivity index (χ0) is 41.4. The molecule has 6 aromatic rings. The number of quaternary nitrogens is 1. The van der Waals surface area contributed by atoms with E-state index in [0.717, 1.165) is 39.4 Å². The number of likely N-dealkylation sites (N-methyl/N-ethyl adjacent to an activating group) is 2. The maximum atomic E-state index is 12.7. The number of carbonyl (C=O) groups excluding carboxylic acids is 4. The van der Waals surface area contributed by atoms with Crippen molar-refractivity contribution in [1.82, 2.24) is 35.5 Å². The number of hydrogen-bond acceptors (Lipinski definition) is 11. The van der Waals surface area contributed by atoms with Crippen LogP contribution in [0.4, 0.5) is 0 Å². The highest BCUT2D eigenvalue weighted by molar-refractivity contribution is 14.1. The average molecular weight is 1060 g/mol. The summed E-state index contributed by atoms with van der Waals surface area (Å²) in [4.78, 5) is 68.5. The number of nitrogens with zero attached hydrogens (tertiary/aromatic N) is 4. The molecule has 0 saturated carbocycles. The Morgan fingerprint density at radius 2 is 1.14 bits per heavy atom. The molecule has 18 heteroatoms. The summed E-state index contributed by atoms with van der Waals surface area (Å²) in [6, 6.07) is 15.2. The first-order valence-corrected chi connectivity index (χ1v) is 22.0. The minimum atomic E-state index is -0.305. The van der Waals surface area contributed by atoms with Crippen LogP contribution < -0.4 is 34.6 Å². The number of fused-ring (bicyclic) bond motifs is 2. The van der Waals surface area contributed by atoms with Crippen molar-refractivity contribution in [2.24, 2.45) is 0 Å². The minimum Gasteiger partial charge on any atom is -1.00 e. The van der Waals surface area contributed by atoms with Gasteiger partial charge in [-0.15, -0.1) is 22.7 Å². The molecule has 0 spiro atoms. The topological polar surface area (TPSA) is 171 Å². The van der Waals surface area contributed by atoms with Crippen LogP contribution in [0.1, 0.15) is 51.7 Å². The molecular formula is C40H50I2N8O6S2. The molecule has 4 heterocycles. The number of rotatable bonds is 18. The van der Waals surface area contributed by atoms with Gasteiger partial charge in [-0.25, -0.2) is 9.97 Å². The predicted octanol–water partition coefficient (Wildman–Crippen LogP) is 2.53. The Bertz CT molecular complexity index is 2230. The molecule has 0 aliphatic rings. The molecule has 2 aromatic carbocycles. The number of amides is 2. The zero-order valence-corrected chi connectivity index (χ0v) is 39.3. The molecule has 2 amide bonds. The number of benzene rings is 2. The van der Waals surface area contributed by atoms with Crippen LogP contribution in [0.15, 0.2) is 71.7 Å². The van der Waals surface area contributed by atoms with Gasteiger partial charge in [0, 0.05) is 64.6 Å². The highest BCUT2D eigenvalue weighted by Crippen LogP contribution is 2.24. The fraction of sp³-hybridized carbons (Fsp3) is 0.350. The van der Waals surface area contributed by atoms with Gasteiger partial charge in [0.25, 0.3) is 11.8 Å². The maximum Gasteiger partial charge on any atom is 0.270 e. The van der Waals surface area contributed by atoms with Gasteiger partial charge in [-0.3, -0.25) is 19.2 Å². The second-order valence-corrected chi connectivity index (χ2v) is 15.5. The molecule has 312 valence electrons. The van der Waals surface area contributed by atoms with E-state index in [-0.39, 0.29) is 58.7 Å². The number of aromatic amines is 2. The fourth-order valence-corrected chi connectivity index (χ4v) is 6.66. The number of aromatic nitrogens is 4. The van der Waals surface area contributed by atoms with E-state index in [1.807, 2.05) is 72.5 Å². The second kappa shape index (κ2) is 24.4. The normalized spacial score (nSPS) is 11.0. The van der Waals surface area contributed by atoms with Gasteiger partial charge in [0.2, 0.25) is 11.6 Å². The van der Waals surface area contributed by atoms with E-state index in [2.05, 4.69) is 74.3 Å². The molecule has 0 aliphatic heterocycles. The Labute approximate surface area is 377 Å². The lowest BCUT2D eigenvalue weighted by molar-refractivity contribution is -0.870. The summed E-state index contributed by atoms with van der Waals surface area (Å²) in [6.45, 7) is 4.66. The van der Waals surface area contributed by atoms with Crippen LogP contribution in [0.2, 0.25) is 0 Å². The first kappa shape index (κ1) is 48.7. The molecule has 0 saturated heterocycles. The van der Waals surface area contributed by atoms with E-state index in [0.29, 0.717) is 60.7 Å². The van der Waals surface area contributed by atoms with Crippen LogP contribution in [0.3, 0.4) is 0 Å². The van der Waals surface area contributed by atoms with Gasteiger partial charge in [0.05, 0.1) is 58.7 Å². The van der Waals surface area contributed by atoms with E-state index < -0.39 is 0 Å². The molecule has 4 N–H and O–H groups in total. The highest BCUT2D eigenvalue weighted by atomic mass is 127. The summed E-state index contributed by atoms with van der Waals surface area (Å²) in [5.41, 5.74) is 3.40. The fourth-order valence-electron chi connectivity index (χ4n) is 5.16. The summed E-state index contributed by atoms with van der Waals surface area (Å²) < 4.78 is 11.8. The van der Waals surface area contributed by atoms with Gasteiger partial charge in [-0.1, -0.05) is 59.0 Å². The molecule has 0 atom stereocenters. The van der Waals surface area contributed by atoms with Gasteiger partial charge in [-0.2, -0.15) is 0 Å². The number of ether oxygens (including phenoxy) is 2. The molecule has 0 unspecified atom stereocenters. The predicted molar refractivity (Wildman–Crippen MR) is 235 cm³/mol.